The zero-order chi connectivity index (χ0) is 57.0. The van der Waals surface area contributed by atoms with Gasteiger partial charge in [-0.15, -0.1) is 0 Å². The molecule has 4 saturated heterocycles. The van der Waals surface area contributed by atoms with Crippen molar-refractivity contribution in [3.05, 3.63) is 143 Å². The van der Waals surface area contributed by atoms with Crippen LogP contribution in [0.1, 0.15) is 119 Å². The molecular weight excluding hydrogens is 1040 g/mol. The highest BCUT2D eigenvalue weighted by molar-refractivity contribution is 5.85. The van der Waals surface area contributed by atoms with E-state index in [9.17, 15) is 18.0 Å². The second kappa shape index (κ2) is 22.6. The molecule has 0 spiro atoms. The first-order valence-corrected chi connectivity index (χ1v) is 28.2. The van der Waals surface area contributed by atoms with E-state index in [1.165, 1.54) is 24.8 Å². The van der Waals surface area contributed by atoms with Crippen LogP contribution in [0.4, 0.5) is 22.4 Å². The molecule has 8 aromatic rings. The molecule has 0 radical (unpaired) electrons. The lowest BCUT2D eigenvalue weighted by molar-refractivity contribution is -0.0557. The zero-order valence-electron chi connectivity index (χ0n) is 47.5. The van der Waals surface area contributed by atoms with Crippen molar-refractivity contribution in [2.24, 2.45) is 11.8 Å². The highest BCUT2D eigenvalue weighted by atomic mass is 19.1. The average molecular weight is 1110 g/mol. The van der Waals surface area contributed by atoms with Crippen LogP contribution in [0, 0.1) is 49.0 Å². The molecule has 4 aliphatic heterocycles. The van der Waals surface area contributed by atoms with Crippen LogP contribution in [-0.4, -0.2) is 127 Å². The van der Waals surface area contributed by atoms with Crippen LogP contribution in [0.3, 0.4) is 0 Å². The van der Waals surface area contributed by atoms with E-state index in [0.29, 0.717) is 106 Å². The van der Waals surface area contributed by atoms with Gasteiger partial charge >= 0.3 is 6.09 Å². The van der Waals surface area contributed by atoms with Crippen LogP contribution in [0.5, 0.6) is 0 Å². The molecule has 4 aliphatic rings. The number of carbonyl (C=O) groups is 1. The quantitative estimate of drug-likeness (QED) is 0.115. The summed E-state index contributed by atoms with van der Waals surface area (Å²) in [6.07, 6.45) is 12.4. The first-order valence-electron chi connectivity index (χ1n) is 28.2. The molecule has 0 saturated carbocycles. The number of carbonyl (C=O) groups excluding carboxylic acids is 1. The van der Waals surface area contributed by atoms with Gasteiger partial charge in [0.05, 0.1) is 36.3 Å². The van der Waals surface area contributed by atoms with Gasteiger partial charge in [0.1, 0.15) is 51.6 Å². The van der Waals surface area contributed by atoms with Crippen LogP contribution in [0.25, 0.3) is 44.3 Å². The number of amides is 1. The number of pyridine rings is 2. The number of aromatic nitrogens is 10. The summed E-state index contributed by atoms with van der Waals surface area (Å²) in [5.74, 6) is 2.00. The summed E-state index contributed by atoms with van der Waals surface area (Å²) in [4.78, 5) is 54.7. The highest BCUT2D eigenvalue weighted by Crippen LogP contribution is 2.36. The summed E-state index contributed by atoms with van der Waals surface area (Å²) in [5.41, 5.74) is 6.05. The molecule has 1 amide bonds. The molecule has 6 aromatic heterocycles. The Morgan fingerprint density at radius 2 is 1.09 bits per heavy atom. The summed E-state index contributed by atoms with van der Waals surface area (Å²) in [5, 5.41) is 3.48. The molecule has 1 N–H and O–H groups in total. The minimum atomic E-state index is -0.531. The van der Waals surface area contributed by atoms with Gasteiger partial charge < -0.3 is 24.1 Å². The maximum atomic E-state index is 15.1. The van der Waals surface area contributed by atoms with Crippen molar-refractivity contribution < 1.29 is 27.1 Å². The number of hydrogen-bond acceptors (Lipinski definition) is 13. The van der Waals surface area contributed by atoms with Crippen molar-refractivity contribution in [3.63, 3.8) is 0 Å². The van der Waals surface area contributed by atoms with E-state index in [1.807, 2.05) is 101 Å². The summed E-state index contributed by atoms with van der Waals surface area (Å²) in [6, 6.07) is 10.6. The third-order valence-electron chi connectivity index (χ3n) is 16.1. The topological polar surface area (TPSA) is 161 Å². The lowest BCUT2D eigenvalue weighted by atomic mass is 9.82. The molecule has 0 bridgehead atoms. The number of benzene rings is 2. The smallest absolute Gasteiger partial charge is 0.410 e. The van der Waals surface area contributed by atoms with E-state index in [1.54, 1.807) is 24.3 Å². The number of nitrogens with one attached hydrogen (secondary N) is 1. The van der Waals surface area contributed by atoms with Gasteiger partial charge in [-0.3, -0.25) is 19.8 Å². The minimum Gasteiger partial charge on any atom is -0.444 e. The largest absolute Gasteiger partial charge is 0.444 e. The Kier molecular flexibility index (Phi) is 15.5. The van der Waals surface area contributed by atoms with Crippen LogP contribution in [-0.2, 0) is 30.7 Å². The Hall–Kier alpha value is -7.29. The van der Waals surface area contributed by atoms with Crippen molar-refractivity contribution in [2.45, 2.75) is 131 Å². The Labute approximate surface area is 469 Å². The van der Waals surface area contributed by atoms with Gasteiger partial charge in [0.15, 0.2) is 11.6 Å². The first kappa shape index (κ1) is 55.6. The maximum Gasteiger partial charge on any atom is 0.410 e. The van der Waals surface area contributed by atoms with E-state index >= 15 is 4.39 Å². The molecule has 424 valence electrons. The normalized spacial score (nSPS) is 19.3. The van der Waals surface area contributed by atoms with Crippen molar-refractivity contribution >= 4 is 28.2 Å². The molecule has 20 heteroatoms. The fourth-order valence-electron chi connectivity index (χ4n) is 12.3. The van der Waals surface area contributed by atoms with Crippen LogP contribution in [0.2, 0.25) is 0 Å². The number of imidazole rings is 2. The second-order valence-electron chi connectivity index (χ2n) is 23.8. The van der Waals surface area contributed by atoms with E-state index in [-0.39, 0.29) is 29.3 Å². The van der Waals surface area contributed by atoms with Gasteiger partial charge in [0.2, 0.25) is 0 Å². The van der Waals surface area contributed by atoms with E-state index in [0.717, 1.165) is 74.8 Å². The van der Waals surface area contributed by atoms with Crippen molar-refractivity contribution in [1.29, 1.82) is 0 Å². The summed E-state index contributed by atoms with van der Waals surface area (Å²) >= 11 is 0. The number of fused-ring (bicyclic) bond motifs is 4. The van der Waals surface area contributed by atoms with E-state index in [4.69, 9.17) is 4.74 Å². The van der Waals surface area contributed by atoms with Crippen molar-refractivity contribution in [1.82, 2.24) is 69.0 Å². The standard InChI is InChI=1S/C33H39F2N7O2.C28H31F2N7/c1-19(2)42-20(3)39-31-26(34)9-23(10-28(31)42)25-11-24(36-15-27(25)35)12-30-37-13-21(14-38-30)16-41-17-22-7-8-40(18-29(22)41)32(43)44-33(4,5)6;1-16(2)37-17(3)35-28-23(29)6-20(7-25(28)37)22-8-21(32-12-24(22)30)9-27-33-10-18(11-34-27)14-36-15-19-4-5-31-13-26(19)36/h9-11,13-15,19,22,29H,7-8,12,16-18H2,1-6H3;6-8,10-12,16,19,26,31H,4-5,9,13-15H2,1-3H3/t22-,29-;19-,26-/m11/s1. The number of nitrogens with zero attached hydrogens (tertiary/aromatic N) is 13. The molecule has 2 aromatic carbocycles. The minimum absolute atomic E-state index is 0.0738. The Morgan fingerprint density at radius 1 is 0.617 bits per heavy atom. The van der Waals surface area contributed by atoms with Gasteiger partial charge in [0, 0.05) is 128 Å². The molecule has 4 fully saturated rings. The second-order valence-corrected chi connectivity index (χ2v) is 23.8. The van der Waals surface area contributed by atoms with Gasteiger partial charge in [-0.05, 0) is 141 Å². The molecule has 12 rings (SSSR count). The molecular formula is C61H70F4N14O2. The summed E-state index contributed by atoms with van der Waals surface area (Å²) in [6.45, 7) is 24.6. The fourth-order valence-corrected chi connectivity index (χ4v) is 12.3. The third kappa shape index (κ3) is 11.8. The molecule has 0 unspecified atom stereocenters. The number of ether oxygens (including phenoxy) is 1. The first-order chi connectivity index (χ1) is 38.7. The maximum absolute atomic E-state index is 15.1. The van der Waals surface area contributed by atoms with E-state index in [2.05, 4.69) is 55.0 Å². The molecule has 4 atom stereocenters. The predicted molar refractivity (Wildman–Crippen MR) is 301 cm³/mol. The van der Waals surface area contributed by atoms with Crippen LogP contribution < -0.4 is 5.32 Å². The molecule has 16 nitrogen and oxygen atoms in total. The number of rotatable bonds is 12. The van der Waals surface area contributed by atoms with Gasteiger partial charge in [-0.2, -0.15) is 0 Å². The highest BCUT2D eigenvalue weighted by Gasteiger charge is 2.44. The monoisotopic (exact) mass is 1110 g/mol. The number of halogens is 4. The lowest BCUT2D eigenvalue weighted by Crippen LogP contribution is -2.64. The fraction of sp³-hybridized carbons (Fsp3) is 0.459. The summed E-state index contributed by atoms with van der Waals surface area (Å²) < 4.78 is 69.4. The van der Waals surface area contributed by atoms with Crippen molar-refractivity contribution in [3.8, 4) is 22.3 Å². The zero-order valence-corrected chi connectivity index (χ0v) is 47.5. The van der Waals surface area contributed by atoms with Gasteiger partial charge in [0.25, 0.3) is 0 Å². The van der Waals surface area contributed by atoms with Gasteiger partial charge in [-0.25, -0.2) is 52.3 Å². The molecule has 0 aliphatic carbocycles. The molecule has 81 heavy (non-hydrogen) atoms. The number of hydrogen-bond donors (Lipinski definition) is 1. The number of likely N-dealkylation sites (tertiary alicyclic amines) is 3. The Bertz CT molecular complexity index is 3620. The van der Waals surface area contributed by atoms with Crippen LogP contribution >= 0.6 is 0 Å². The average Bonchev–Trinajstić information content (AvgIpc) is 4.06. The van der Waals surface area contributed by atoms with Gasteiger partial charge in [-0.1, -0.05) is 0 Å². The summed E-state index contributed by atoms with van der Waals surface area (Å²) in [7, 11) is 0. The SMILES string of the molecule is Cc1nc2c(F)cc(-c3cc(Cc4ncc(CN5C[C@H]6CCN(C(=O)OC(C)(C)C)C[C@H]65)cn4)ncc3F)cc2n1C(C)C.Cc1nc2c(F)cc(-c3cc(Cc4ncc(CN5C[C@H]6CCNC[C@H]65)cn4)ncc3F)cc2n1C(C)C. The number of aryl methyl sites for hydroxylation is 2. The van der Waals surface area contributed by atoms with Crippen molar-refractivity contribution in [2.75, 3.05) is 39.3 Å². The molecule has 10 heterocycles. The third-order valence-corrected chi connectivity index (χ3v) is 16.1. The Morgan fingerprint density at radius 3 is 1.54 bits per heavy atom. The lowest BCUT2D eigenvalue weighted by Gasteiger charge is -2.53. The van der Waals surface area contributed by atoms with Crippen LogP contribution in [0.15, 0.2) is 73.6 Å². The van der Waals surface area contributed by atoms with E-state index < -0.39 is 28.9 Å². The predicted octanol–water partition coefficient (Wildman–Crippen LogP) is 10.5. The Balaban J connectivity index is 0.000000173. The number of piperidine rings is 2.